The Bertz CT molecular complexity index is 507. The van der Waals surface area contributed by atoms with E-state index < -0.39 is 0 Å². The van der Waals surface area contributed by atoms with Gasteiger partial charge in [-0.15, -0.1) is 0 Å². The third kappa shape index (κ3) is 4.47. The van der Waals surface area contributed by atoms with Crippen molar-refractivity contribution in [3.8, 4) is 0 Å². The van der Waals surface area contributed by atoms with Crippen LogP contribution in [-0.4, -0.2) is 55.6 Å². The Labute approximate surface area is 145 Å². The maximum Gasteiger partial charge on any atom is 0.225 e. The Morgan fingerprint density at radius 3 is 2.54 bits per heavy atom. The molecule has 5 nitrogen and oxygen atoms in total. The number of nitrogens with zero attached hydrogens (tertiary/aromatic N) is 3. The standard InChI is InChI=1S/C19H30N4O/c1-22(19(24)17-2-9-20-10-3-17)13-6-16-7-14-23(15-8-16)18-4-11-21-12-5-18/h4-5,11-12,16-17,20H,2-3,6-10,13-15H2,1H3. The molecule has 0 saturated carbocycles. The minimum atomic E-state index is 0.241. The van der Waals surface area contributed by atoms with E-state index in [-0.39, 0.29) is 5.92 Å². The zero-order valence-corrected chi connectivity index (χ0v) is 14.8. The molecule has 0 radical (unpaired) electrons. The molecule has 2 fully saturated rings. The van der Waals surface area contributed by atoms with Crippen LogP contribution >= 0.6 is 0 Å². The van der Waals surface area contributed by atoms with Crippen LogP contribution in [0.15, 0.2) is 24.5 Å². The Hall–Kier alpha value is -1.62. The van der Waals surface area contributed by atoms with Crippen molar-refractivity contribution < 1.29 is 4.79 Å². The van der Waals surface area contributed by atoms with Crippen molar-refractivity contribution in [1.82, 2.24) is 15.2 Å². The zero-order chi connectivity index (χ0) is 16.8. The van der Waals surface area contributed by atoms with Crippen LogP contribution in [0.3, 0.4) is 0 Å². The fraction of sp³-hybridized carbons (Fsp3) is 0.684. The van der Waals surface area contributed by atoms with Gasteiger partial charge >= 0.3 is 0 Å². The zero-order valence-electron chi connectivity index (χ0n) is 14.8. The monoisotopic (exact) mass is 330 g/mol. The second-order valence-electron chi connectivity index (χ2n) is 7.21. The van der Waals surface area contributed by atoms with Gasteiger partial charge in [0.15, 0.2) is 0 Å². The summed E-state index contributed by atoms with van der Waals surface area (Å²) in [5.41, 5.74) is 1.28. The molecule has 0 unspecified atom stereocenters. The van der Waals surface area contributed by atoms with Gasteiger partial charge in [0.25, 0.3) is 0 Å². The van der Waals surface area contributed by atoms with Gasteiger partial charge in [0.05, 0.1) is 0 Å². The lowest BCUT2D eigenvalue weighted by atomic mass is 9.92. The normalized spacial score (nSPS) is 20.1. The quantitative estimate of drug-likeness (QED) is 0.899. The smallest absolute Gasteiger partial charge is 0.225 e. The largest absolute Gasteiger partial charge is 0.371 e. The summed E-state index contributed by atoms with van der Waals surface area (Å²) in [6, 6.07) is 4.18. The Balaban J connectivity index is 1.39. The lowest BCUT2D eigenvalue weighted by Crippen LogP contribution is -2.40. The summed E-state index contributed by atoms with van der Waals surface area (Å²) in [6.07, 6.45) is 9.29. The SMILES string of the molecule is CN(CCC1CCN(c2ccncc2)CC1)C(=O)C1CCNCC1. The van der Waals surface area contributed by atoms with E-state index in [0.717, 1.165) is 57.9 Å². The fourth-order valence-corrected chi connectivity index (χ4v) is 3.90. The fourth-order valence-electron chi connectivity index (χ4n) is 3.90. The molecule has 0 aromatic carbocycles. The first-order chi connectivity index (χ1) is 11.7. The molecule has 1 aromatic rings. The van der Waals surface area contributed by atoms with Crippen molar-refractivity contribution in [2.75, 3.05) is 44.7 Å². The van der Waals surface area contributed by atoms with Gasteiger partial charge in [-0.25, -0.2) is 0 Å². The van der Waals surface area contributed by atoms with Crippen LogP contribution in [0, 0.1) is 11.8 Å². The highest BCUT2D eigenvalue weighted by Gasteiger charge is 2.25. The lowest BCUT2D eigenvalue weighted by Gasteiger charge is -2.34. The molecule has 2 aliphatic heterocycles. The van der Waals surface area contributed by atoms with E-state index in [9.17, 15) is 4.79 Å². The van der Waals surface area contributed by atoms with Crippen LogP contribution in [0.4, 0.5) is 5.69 Å². The van der Waals surface area contributed by atoms with Gasteiger partial charge in [-0.2, -0.15) is 0 Å². The summed E-state index contributed by atoms with van der Waals surface area (Å²) in [5.74, 6) is 1.34. The molecule has 1 aromatic heterocycles. The maximum atomic E-state index is 12.5. The van der Waals surface area contributed by atoms with Crippen LogP contribution in [0.25, 0.3) is 0 Å². The molecule has 3 rings (SSSR count). The molecule has 2 saturated heterocycles. The second kappa shape index (κ2) is 8.47. The van der Waals surface area contributed by atoms with E-state index >= 15 is 0 Å². The Kier molecular flexibility index (Phi) is 6.07. The van der Waals surface area contributed by atoms with Gasteiger partial charge in [0, 0.05) is 50.7 Å². The predicted molar refractivity (Wildman–Crippen MR) is 97.0 cm³/mol. The lowest BCUT2D eigenvalue weighted by molar-refractivity contribution is -0.135. The number of rotatable bonds is 5. The van der Waals surface area contributed by atoms with E-state index in [1.54, 1.807) is 0 Å². The van der Waals surface area contributed by atoms with Gasteiger partial charge in [-0.1, -0.05) is 0 Å². The molecule has 2 aliphatic rings. The highest BCUT2D eigenvalue weighted by molar-refractivity contribution is 5.78. The number of amides is 1. The van der Waals surface area contributed by atoms with Crippen LogP contribution in [0.1, 0.15) is 32.1 Å². The van der Waals surface area contributed by atoms with Crippen molar-refractivity contribution in [3.05, 3.63) is 24.5 Å². The number of pyridine rings is 1. The molecular formula is C19H30N4O. The summed E-state index contributed by atoms with van der Waals surface area (Å²) >= 11 is 0. The average Bonchev–Trinajstić information content (AvgIpc) is 2.67. The van der Waals surface area contributed by atoms with Crippen molar-refractivity contribution >= 4 is 11.6 Å². The third-order valence-corrected chi connectivity index (χ3v) is 5.58. The molecule has 1 amide bonds. The van der Waals surface area contributed by atoms with Crippen LogP contribution < -0.4 is 10.2 Å². The molecule has 132 valence electrons. The topological polar surface area (TPSA) is 48.5 Å². The van der Waals surface area contributed by atoms with Crippen molar-refractivity contribution in [2.45, 2.75) is 32.1 Å². The van der Waals surface area contributed by atoms with E-state index in [0.29, 0.717) is 5.91 Å². The summed E-state index contributed by atoms with van der Waals surface area (Å²) in [6.45, 7) is 5.10. The number of nitrogens with one attached hydrogen (secondary N) is 1. The summed E-state index contributed by atoms with van der Waals surface area (Å²) < 4.78 is 0. The van der Waals surface area contributed by atoms with E-state index in [2.05, 4.69) is 27.3 Å². The van der Waals surface area contributed by atoms with Crippen molar-refractivity contribution in [3.63, 3.8) is 0 Å². The molecule has 1 N–H and O–H groups in total. The van der Waals surface area contributed by atoms with E-state index in [1.165, 1.54) is 18.5 Å². The molecule has 0 atom stereocenters. The van der Waals surface area contributed by atoms with Gasteiger partial charge in [-0.3, -0.25) is 9.78 Å². The van der Waals surface area contributed by atoms with Gasteiger partial charge in [0.2, 0.25) is 5.91 Å². The third-order valence-electron chi connectivity index (χ3n) is 5.58. The Morgan fingerprint density at radius 2 is 1.88 bits per heavy atom. The average molecular weight is 330 g/mol. The summed E-state index contributed by atoms with van der Waals surface area (Å²) in [7, 11) is 1.98. The number of piperidine rings is 2. The molecule has 5 heteroatoms. The molecular weight excluding hydrogens is 300 g/mol. The first-order valence-electron chi connectivity index (χ1n) is 9.34. The predicted octanol–water partition coefficient (Wildman–Crippen LogP) is 2.15. The molecule has 24 heavy (non-hydrogen) atoms. The van der Waals surface area contributed by atoms with Crippen LogP contribution in [0.2, 0.25) is 0 Å². The maximum absolute atomic E-state index is 12.5. The summed E-state index contributed by atoms with van der Waals surface area (Å²) in [4.78, 5) is 21.0. The molecule has 3 heterocycles. The summed E-state index contributed by atoms with van der Waals surface area (Å²) in [5, 5.41) is 3.33. The minimum absolute atomic E-state index is 0.241. The number of aromatic nitrogens is 1. The highest BCUT2D eigenvalue weighted by atomic mass is 16.2. The van der Waals surface area contributed by atoms with Gasteiger partial charge in [0.1, 0.15) is 0 Å². The Morgan fingerprint density at radius 1 is 1.21 bits per heavy atom. The number of hydrogen-bond acceptors (Lipinski definition) is 4. The number of hydrogen-bond donors (Lipinski definition) is 1. The molecule has 0 spiro atoms. The molecule has 0 aliphatic carbocycles. The van der Waals surface area contributed by atoms with Gasteiger partial charge in [-0.05, 0) is 63.2 Å². The van der Waals surface area contributed by atoms with Gasteiger partial charge < -0.3 is 15.1 Å². The number of carbonyl (C=O) groups is 1. The van der Waals surface area contributed by atoms with E-state index in [4.69, 9.17) is 0 Å². The highest BCUT2D eigenvalue weighted by Crippen LogP contribution is 2.25. The minimum Gasteiger partial charge on any atom is -0.371 e. The van der Waals surface area contributed by atoms with Crippen LogP contribution in [0.5, 0.6) is 0 Å². The molecule has 0 bridgehead atoms. The van der Waals surface area contributed by atoms with Crippen molar-refractivity contribution in [1.29, 1.82) is 0 Å². The number of anilines is 1. The second-order valence-corrected chi connectivity index (χ2v) is 7.21. The first-order valence-corrected chi connectivity index (χ1v) is 9.34. The number of carbonyl (C=O) groups excluding carboxylic acids is 1. The van der Waals surface area contributed by atoms with Crippen LogP contribution in [-0.2, 0) is 4.79 Å². The van der Waals surface area contributed by atoms with E-state index in [1.807, 2.05) is 24.3 Å². The first kappa shape index (κ1) is 17.2. The van der Waals surface area contributed by atoms with Crippen molar-refractivity contribution in [2.24, 2.45) is 11.8 Å².